The highest BCUT2D eigenvalue weighted by molar-refractivity contribution is 5.63. The fraction of sp³-hybridized carbons (Fsp3) is 0.368. The van der Waals surface area contributed by atoms with Gasteiger partial charge in [0.15, 0.2) is 0 Å². The minimum Gasteiger partial charge on any atom is -0.392 e. The van der Waals surface area contributed by atoms with Gasteiger partial charge in [0.25, 0.3) is 0 Å². The maximum absolute atomic E-state index is 9.98. The summed E-state index contributed by atoms with van der Waals surface area (Å²) in [6.45, 7) is 0.830. The van der Waals surface area contributed by atoms with Crippen molar-refractivity contribution in [2.45, 2.75) is 44.4 Å². The molecule has 0 bridgehead atoms. The average Bonchev–Trinajstić information content (AvgIpc) is 2.55. The van der Waals surface area contributed by atoms with Crippen LogP contribution < -0.4 is 5.32 Å². The number of aliphatic hydroxyl groups excluding tert-OH is 1. The summed E-state index contributed by atoms with van der Waals surface area (Å²) in [7, 11) is 0. The van der Waals surface area contributed by atoms with E-state index in [9.17, 15) is 5.11 Å². The van der Waals surface area contributed by atoms with Gasteiger partial charge in [-0.15, -0.1) is 0 Å². The zero-order chi connectivity index (χ0) is 14.5. The molecule has 1 saturated carbocycles. The summed E-state index contributed by atoms with van der Waals surface area (Å²) in [5, 5.41) is 13.5. The van der Waals surface area contributed by atoms with Gasteiger partial charge in [0.1, 0.15) is 0 Å². The molecule has 110 valence electrons. The molecule has 21 heavy (non-hydrogen) atoms. The monoisotopic (exact) mass is 281 g/mol. The van der Waals surface area contributed by atoms with Gasteiger partial charge in [-0.05, 0) is 29.5 Å². The fourth-order valence-electron chi connectivity index (χ4n) is 3.04. The highest BCUT2D eigenvalue weighted by atomic mass is 16.3. The van der Waals surface area contributed by atoms with Crippen LogP contribution in [0, 0.1) is 0 Å². The molecule has 2 aromatic carbocycles. The second-order valence-electron chi connectivity index (χ2n) is 5.90. The van der Waals surface area contributed by atoms with Gasteiger partial charge in [-0.1, -0.05) is 67.4 Å². The van der Waals surface area contributed by atoms with Crippen LogP contribution in [0.4, 0.5) is 0 Å². The third kappa shape index (κ3) is 3.72. The first-order valence-electron chi connectivity index (χ1n) is 7.89. The second-order valence-corrected chi connectivity index (χ2v) is 5.90. The first-order valence-corrected chi connectivity index (χ1v) is 7.89. The van der Waals surface area contributed by atoms with Crippen LogP contribution in [0.1, 0.15) is 31.2 Å². The number of aliphatic hydroxyl groups is 1. The summed E-state index contributed by atoms with van der Waals surface area (Å²) in [6.07, 6.45) is 4.23. The summed E-state index contributed by atoms with van der Waals surface area (Å²) in [5.41, 5.74) is 3.77. The van der Waals surface area contributed by atoms with E-state index in [0.717, 1.165) is 25.8 Å². The van der Waals surface area contributed by atoms with Crippen molar-refractivity contribution in [3.63, 3.8) is 0 Å². The van der Waals surface area contributed by atoms with Gasteiger partial charge in [-0.3, -0.25) is 0 Å². The van der Waals surface area contributed by atoms with E-state index >= 15 is 0 Å². The molecule has 0 aliphatic heterocycles. The van der Waals surface area contributed by atoms with Crippen molar-refractivity contribution in [1.29, 1.82) is 0 Å². The number of benzene rings is 2. The summed E-state index contributed by atoms with van der Waals surface area (Å²) in [4.78, 5) is 0. The van der Waals surface area contributed by atoms with E-state index < -0.39 is 0 Å². The Morgan fingerprint density at radius 1 is 0.857 bits per heavy atom. The van der Waals surface area contributed by atoms with E-state index in [1.165, 1.54) is 23.1 Å². The van der Waals surface area contributed by atoms with Crippen LogP contribution in [0.3, 0.4) is 0 Å². The molecule has 2 heteroatoms. The van der Waals surface area contributed by atoms with Gasteiger partial charge in [-0.25, -0.2) is 0 Å². The molecule has 0 amide bonds. The van der Waals surface area contributed by atoms with E-state index in [-0.39, 0.29) is 12.1 Å². The van der Waals surface area contributed by atoms with E-state index in [0.29, 0.717) is 0 Å². The Balaban J connectivity index is 1.60. The SMILES string of the molecule is O[C@@H]1CCCC[C@H]1NCc1ccc(-c2ccccc2)cc1. The van der Waals surface area contributed by atoms with Crippen molar-refractivity contribution >= 4 is 0 Å². The maximum atomic E-state index is 9.98. The number of hydrogen-bond donors (Lipinski definition) is 2. The van der Waals surface area contributed by atoms with Crippen LogP contribution in [0.5, 0.6) is 0 Å². The van der Waals surface area contributed by atoms with Gasteiger partial charge in [0, 0.05) is 12.6 Å². The molecule has 0 radical (unpaired) electrons. The minimum absolute atomic E-state index is 0.178. The van der Waals surface area contributed by atoms with E-state index in [4.69, 9.17) is 0 Å². The van der Waals surface area contributed by atoms with Crippen molar-refractivity contribution in [3.05, 3.63) is 60.2 Å². The first kappa shape index (κ1) is 14.3. The lowest BCUT2D eigenvalue weighted by atomic mass is 9.92. The summed E-state index contributed by atoms with van der Waals surface area (Å²) in [6, 6.07) is 19.4. The van der Waals surface area contributed by atoms with E-state index in [1.807, 2.05) is 6.07 Å². The summed E-state index contributed by atoms with van der Waals surface area (Å²) < 4.78 is 0. The largest absolute Gasteiger partial charge is 0.392 e. The van der Waals surface area contributed by atoms with Gasteiger partial charge >= 0.3 is 0 Å². The lowest BCUT2D eigenvalue weighted by Crippen LogP contribution is -2.41. The van der Waals surface area contributed by atoms with Gasteiger partial charge in [0.05, 0.1) is 6.10 Å². The van der Waals surface area contributed by atoms with Crippen molar-refractivity contribution in [2.24, 2.45) is 0 Å². The molecule has 2 N–H and O–H groups in total. The molecule has 2 nitrogen and oxygen atoms in total. The molecule has 2 atom stereocenters. The minimum atomic E-state index is -0.178. The molecular formula is C19H23NO. The van der Waals surface area contributed by atoms with Crippen molar-refractivity contribution in [3.8, 4) is 11.1 Å². The van der Waals surface area contributed by atoms with E-state index in [1.54, 1.807) is 0 Å². The Kier molecular flexibility index (Phi) is 4.69. The molecular weight excluding hydrogens is 258 g/mol. The second kappa shape index (κ2) is 6.88. The molecule has 0 spiro atoms. The van der Waals surface area contributed by atoms with Crippen LogP contribution in [0.25, 0.3) is 11.1 Å². The molecule has 0 heterocycles. The van der Waals surface area contributed by atoms with Gasteiger partial charge in [0.2, 0.25) is 0 Å². The molecule has 0 unspecified atom stereocenters. The van der Waals surface area contributed by atoms with Crippen molar-refractivity contribution in [1.82, 2.24) is 5.32 Å². The van der Waals surface area contributed by atoms with Gasteiger partial charge in [-0.2, -0.15) is 0 Å². The predicted molar refractivity (Wildman–Crippen MR) is 87.0 cm³/mol. The molecule has 1 aliphatic rings. The van der Waals surface area contributed by atoms with Crippen LogP contribution in [-0.4, -0.2) is 17.3 Å². The standard InChI is InChI=1S/C19H23NO/c21-19-9-5-4-8-18(19)20-14-15-10-12-17(13-11-15)16-6-2-1-3-7-16/h1-3,6-7,10-13,18-21H,4-5,8-9,14H2/t18-,19-/m1/s1. The van der Waals surface area contributed by atoms with E-state index in [2.05, 4.69) is 53.8 Å². The molecule has 3 rings (SSSR count). The lowest BCUT2D eigenvalue weighted by Gasteiger charge is -2.28. The van der Waals surface area contributed by atoms with Crippen LogP contribution in [-0.2, 0) is 6.54 Å². The Bertz CT molecular complexity index is 550. The quantitative estimate of drug-likeness (QED) is 0.894. The Morgan fingerprint density at radius 2 is 1.52 bits per heavy atom. The zero-order valence-electron chi connectivity index (χ0n) is 12.3. The third-order valence-electron chi connectivity index (χ3n) is 4.36. The molecule has 2 aromatic rings. The first-order chi connectivity index (χ1) is 10.3. The van der Waals surface area contributed by atoms with Crippen LogP contribution in [0.2, 0.25) is 0 Å². The fourth-order valence-corrected chi connectivity index (χ4v) is 3.04. The molecule has 1 aliphatic carbocycles. The third-order valence-corrected chi connectivity index (χ3v) is 4.36. The maximum Gasteiger partial charge on any atom is 0.0693 e. The number of rotatable bonds is 4. The average molecular weight is 281 g/mol. The highest BCUT2D eigenvalue weighted by Gasteiger charge is 2.21. The number of hydrogen-bond acceptors (Lipinski definition) is 2. The smallest absolute Gasteiger partial charge is 0.0693 e. The normalized spacial score (nSPS) is 22.1. The van der Waals surface area contributed by atoms with Crippen molar-refractivity contribution < 1.29 is 5.11 Å². The van der Waals surface area contributed by atoms with Crippen LogP contribution >= 0.6 is 0 Å². The molecule has 1 fully saturated rings. The molecule has 0 aromatic heterocycles. The predicted octanol–water partition coefficient (Wildman–Crippen LogP) is 3.75. The summed E-state index contributed by atoms with van der Waals surface area (Å²) in [5.74, 6) is 0. The Labute approximate surface area is 126 Å². The topological polar surface area (TPSA) is 32.3 Å². The zero-order valence-corrected chi connectivity index (χ0v) is 12.3. The Morgan fingerprint density at radius 3 is 2.24 bits per heavy atom. The lowest BCUT2D eigenvalue weighted by molar-refractivity contribution is 0.0902. The van der Waals surface area contributed by atoms with Crippen LogP contribution in [0.15, 0.2) is 54.6 Å². The highest BCUT2D eigenvalue weighted by Crippen LogP contribution is 2.21. The molecule has 0 saturated heterocycles. The number of nitrogens with one attached hydrogen (secondary N) is 1. The summed E-state index contributed by atoms with van der Waals surface area (Å²) >= 11 is 0. The van der Waals surface area contributed by atoms with Gasteiger partial charge < -0.3 is 10.4 Å². The Hall–Kier alpha value is -1.64. The van der Waals surface area contributed by atoms with Crippen molar-refractivity contribution in [2.75, 3.05) is 0 Å².